The third kappa shape index (κ3) is 3.93. The quantitative estimate of drug-likeness (QED) is 0.591. The lowest BCUT2D eigenvalue weighted by Crippen LogP contribution is -2.14. The maximum Gasteiger partial charge on any atom is 0.419 e. The van der Waals surface area contributed by atoms with Gasteiger partial charge in [0.2, 0.25) is 5.88 Å². The fourth-order valence-corrected chi connectivity index (χ4v) is 2.97. The largest absolute Gasteiger partial charge is 0.504 e. The van der Waals surface area contributed by atoms with E-state index in [0.717, 1.165) is 11.6 Å². The molecule has 0 aliphatic carbocycles. The minimum atomic E-state index is -4.62. The van der Waals surface area contributed by atoms with E-state index in [9.17, 15) is 18.3 Å². The molecular formula is C21H20F3NO3. The zero-order valence-electron chi connectivity index (χ0n) is 15.4. The number of hydrogen-bond donors (Lipinski definition) is 2. The Bertz CT molecular complexity index is 963. The van der Waals surface area contributed by atoms with E-state index in [1.54, 1.807) is 13.8 Å². The molecule has 0 bridgehead atoms. The molecule has 148 valence electrons. The molecule has 7 heteroatoms. The monoisotopic (exact) mass is 391 g/mol. The maximum atomic E-state index is 13.5. The zero-order chi connectivity index (χ0) is 20.5. The van der Waals surface area contributed by atoms with E-state index in [4.69, 9.17) is 14.9 Å². The van der Waals surface area contributed by atoms with Crippen LogP contribution in [0, 0.1) is 0 Å². The van der Waals surface area contributed by atoms with Crippen molar-refractivity contribution in [2.75, 3.05) is 5.73 Å². The normalized spacial score (nSPS) is 11.8. The molecule has 0 saturated carbocycles. The van der Waals surface area contributed by atoms with Gasteiger partial charge in [0.15, 0.2) is 11.5 Å². The number of rotatable bonds is 5. The van der Waals surface area contributed by atoms with Gasteiger partial charge in [0, 0.05) is 12.0 Å². The number of alkyl halides is 3. The van der Waals surface area contributed by atoms with Crippen molar-refractivity contribution < 1.29 is 27.4 Å². The van der Waals surface area contributed by atoms with E-state index in [0.29, 0.717) is 0 Å². The molecule has 0 unspecified atom stereocenters. The van der Waals surface area contributed by atoms with Gasteiger partial charge in [-0.2, -0.15) is 13.2 Å². The van der Waals surface area contributed by atoms with Gasteiger partial charge in [-0.1, -0.05) is 42.5 Å². The fourth-order valence-electron chi connectivity index (χ4n) is 2.97. The smallest absolute Gasteiger partial charge is 0.419 e. The Balaban J connectivity index is 2.13. The van der Waals surface area contributed by atoms with Crippen LogP contribution in [0.2, 0.25) is 0 Å². The molecule has 4 nitrogen and oxygen atoms in total. The molecule has 28 heavy (non-hydrogen) atoms. The summed E-state index contributed by atoms with van der Waals surface area (Å²) in [6.07, 6.45) is -4.89. The number of aromatic hydroxyl groups is 1. The second-order valence-corrected chi connectivity index (χ2v) is 6.62. The summed E-state index contributed by atoms with van der Waals surface area (Å²) in [5.74, 6) is -0.684. The van der Waals surface area contributed by atoms with Crippen LogP contribution in [0.25, 0.3) is 11.1 Å². The second kappa shape index (κ2) is 7.50. The highest BCUT2D eigenvalue weighted by molar-refractivity contribution is 5.85. The highest BCUT2D eigenvalue weighted by atomic mass is 19.4. The minimum absolute atomic E-state index is 0.00678. The Labute approximate surface area is 160 Å². The molecule has 0 spiro atoms. The van der Waals surface area contributed by atoms with Crippen LogP contribution in [-0.4, -0.2) is 11.2 Å². The fraction of sp³-hybridized carbons (Fsp3) is 0.238. The Kier molecular flexibility index (Phi) is 5.27. The summed E-state index contributed by atoms with van der Waals surface area (Å²) < 4.78 is 51.4. The van der Waals surface area contributed by atoms with Crippen molar-refractivity contribution in [3.63, 3.8) is 0 Å². The summed E-state index contributed by atoms with van der Waals surface area (Å²) in [6.45, 7) is 3.24. The molecule has 3 N–H and O–H groups in total. The molecule has 0 saturated heterocycles. The molecule has 0 aliphatic heterocycles. The van der Waals surface area contributed by atoms with E-state index in [2.05, 4.69) is 0 Å². The van der Waals surface area contributed by atoms with Crippen LogP contribution < -0.4 is 10.5 Å². The van der Waals surface area contributed by atoms with Gasteiger partial charge in [-0.25, -0.2) is 0 Å². The van der Waals surface area contributed by atoms with Gasteiger partial charge in [0.25, 0.3) is 0 Å². The number of furan rings is 1. The average molecular weight is 391 g/mol. The van der Waals surface area contributed by atoms with Crippen LogP contribution in [-0.2, 0) is 12.6 Å². The minimum Gasteiger partial charge on any atom is -0.504 e. The first-order valence-electron chi connectivity index (χ1n) is 8.69. The molecule has 0 atom stereocenters. The number of hydrogen-bond acceptors (Lipinski definition) is 4. The topological polar surface area (TPSA) is 68.6 Å². The van der Waals surface area contributed by atoms with Gasteiger partial charge in [-0.3, -0.25) is 0 Å². The third-order valence-corrected chi connectivity index (χ3v) is 4.13. The molecule has 1 aromatic heterocycles. The van der Waals surface area contributed by atoms with Gasteiger partial charge >= 0.3 is 6.18 Å². The number of ether oxygens (including phenoxy) is 1. The summed E-state index contributed by atoms with van der Waals surface area (Å²) in [5, 5.41) is 10.7. The van der Waals surface area contributed by atoms with Crippen molar-refractivity contribution in [1.29, 1.82) is 0 Å². The van der Waals surface area contributed by atoms with Crippen LogP contribution in [0.4, 0.5) is 19.1 Å². The van der Waals surface area contributed by atoms with Crippen molar-refractivity contribution >= 4 is 5.88 Å². The van der Waals surface area contributed by atoms with E-state index in [-0.39, 0.29) is 40.7 Å². The second-order valence-electron chi connectivity index (χ2n) is 6.62. The van der Waals surface area contributed by atoms with Crippen molar-refractivity contribution in [3.05, 3.63) is 65.4 Å². The Morgan fingerprint density at radius 1 is 1.07 bits per heavy atom. The first-order valence-corrected chi connectivity index (χ1v) is 8.69. The SMILES string of the molecule is CC(C)Oc1c(-c2c(N)oc(Cc3ccccc3)c2O)cccc1C(F)(F)F. The first-order chi connectivity index (χ1) is 13.2. The van der Waals surface area contributed by atoms with Crippen molar-refractivity contribution in [3.8, 4) is 22.6 Å². The van der Waals surface area contributed by atoms with E-state index in [1.807, 2.05) is 30.3 Å². The number of para-hydroxylation sites is 1. The maximum absolute atomic E-state index is 13.5. The predicted octanol–water partition coefficient (Wildman–Crippen LogP) is 5.63. The van der Waals surface area contributed by atoms with E-state index < -0.39 is 17.8 Å². The first kappa shape index (κ1) is 19.7. The number of halogens is 3. The number of nitrogens with two attached hydrogens (primary N) is 1. The van der Waals surface area contributed by atoms with Gasteiger partial charge < -0.3 is 20.0 Å². The third-order valence-electron chi connectivity index (χ3n) is 4.13. The number of nitrogen functional groups attached to an aromatic ring is 1. The van der Waals surface area contributed by atoms with Crippen LogP contribution >= 0.6 is 0 Å². The molecular weight excluding hydrogens is 371 g/mol. The van der Waals surface area contributed by atoms with Gasteiger partial charge in [-0.05, 0) is 25.5 Å². The molecule has 0 fully saturated rings. The standard InChI is InChI=1S/C21H20F3NO3/c1-12(2)27-19-14(9-6-10-15(19)21(22,23)24)17-18(26)16(28-20(17)25)11-13-7-4-3-5-8-13/h3-10,12,26H,11,25H2,1-2H3. The Hall–Kier alpha value is -3.09. The molecule has 0 radical (unpaired) electrons. The Morgan fingerprint density at radius 3 is 2.36 bits per heavy atom. The van der Waals surface area contributed by atoms with Crippen LogP contribution in [0.1, 0.15) is 30.7 Å². The number of anilines is 1. The highest BCUT2D eigenvalue weighted by Gasteiger charge is 2.37. The summed E-state index contributed by atoms with van der Waals surface area (Å²) in [5.41, 5.74) is 5.87. The molecule has 2 aromatic carbocycles. The lowest BCUT2D eigenvalue weighted by Gasteiger charge is -2.19. The molecule has 0 amide bonds. The van der Waals surface area contributed by atoms with Crippen LogP contribution in [0.15, 0.2) is 52.9 Å². The summed E-state index contributed by atoms with van der Waals surface area (Å²) in [4.78, 5) is 0. The lowest BCUT2D eigenvalue weighted by atomic mass is 10.0. The van der Waals surface area contributed by atoms with Crippen molar-refractivity contribution in [1.82, 2.24) is 0 Å². The molecule has 0 aliphatic rings. The zero-order valence-corrected chi connectivity index (χ0v) is 15.4. The highest BCUT2D eigenvalue weighted by Crippen LogP contribution is 2.48. The summed E-state index contributed by atoms with van der Waals surface area (Å²) in [6, 6.07) is 12.8. The van der Waals surface area contributed by atoms with E-state index in [1.165, 1.54) is 12.1 Å². The van der Waals surface area contributed by atoms with Gasteiger partial charge in [0.05, 0.1) is 17.2 Å². The molecule has 3 aromatic rings. The summed E-state index contributed by atoms with van der Waals surface area (Å²) >= 11 is 0. The van der Waals surface area contributed by atoms with Gasteiger partial charge in [-0.15, -0.1) is 0 Å². The van der Waals surface area contributed by atoms with Crippen molar-refractivity contribution in [2.24, 2.45) is 0 Å². The van der Waals surface area contributed by atoms with Gasteiger partial charge in [0.1, 0.15) is 5.75 Å². The molecule has 3 rings (SSSR count). The molecule has 1 heterocycles. The van der Waals surface area contributed by atoms with Crippen LogP contribution in [0.5, 0.6) is 11.5 Å². The van der Waals surface area contributed by atoms with Crippen molar-refractivity contribution in [2.45, 2.75) is 32.5 Å². The summed E-state index contributed by atoms with van der Waals surface area (Å²) in [7, 11) is 0. The van der Waals surface area contributed by atoms with Crippen LogP contribution in [0.3, 0.4) is 0 Å². The Morgan fingerprint density at radius 2 is 1.75 bits per heavy atom. The lowest BCUT2D eigenvalue weighted by molar-refractivity contribution is -0.139. The number of benzene rings is 2. The average Bonchev–Trinajstić information content (AvgIpc) is 2.88. The van der Waals surface area contributed by atoms with E-state index >= 15 is 0 Å². The predicted molar refractivity (Wildman–Crippen MR) is 100 cm³/mol.